The molecular weight excluding hydrogens is 258 g/mol. The number of aliphatic hydroxyl groups is 1. The molecule has 0 aliphatic rings. The van der Waals surface area contributed by atoms with Gasteiger partial charge in [0.05, 0.1) is 6.61 Å². The van der Waals surface area contributed by atoms with Crippen molar-refractivity contribution in [1.29, 1.82) is 0 Å². The van der Waals surface area contributed by atoms with Gasteiger partial charge >= 0.3 is 0 Å². The zero-order chi connectivity index (χ0) is 8.27. The summed E-state index contributed by atoms with van der Waals surface area (Å²) in [4.78, 5) is 0. The minimum Gasteiger partial charge on any atom is -0.393 e. The molecular formula is C8H8FIO. The van der Waals surface area contributed by atoms with Crippen LogP contribution in [0.25, 0.3) is 0 Å². The Morgan fingerprint density at radius 3 is 2.36 bits per heavy atom. The summed E-state index contributed by atoms with van der Waals surface area (Å²) in [5.74, 6) is 0. The summed E-state index contributed by atoms with van der Waals surface area (Å²) in [5, 5.41) is 8.48. The SMILES string of the molecule is OCC(F)c1ccc(I)cc1. The van der Waals surface area contributed by atoms with E-state index in [1.807, 2.05) is 12.1 Å². The molecule has 1 nitrogen and oxygen atoms in total. The molecule has 0 bridgehead atoms. The maximum Gasteiger partial charge on any atom is 0.148 e. The Bertz CT molecular complexity index is 222. The van der Waals surface area contributed by atoms with Gasteiger partial charge in [0.15, 0.2) is 0 Å². The summed E-state index contributed by atoms with van der Waals surface area (Å²) in [6, 6.07) is 7.00. The van der Waals surface area contributed by atoms with E-state index >= 15 is 0 Å². The molecule has 0 aliphatic carbocycles. The molecule has 1 N–H and O–H groups in total. The molecule has 0 amide bonds. The third kappa shape index (κ3) is 2.41. The molecule has 1 aromatic carbocycles. The van der Waals surface area contributed by atoms with Crippen LogP contribution in [0.3, 0.4) is 0 Å². The van der Waals surface area contributed by atoms with Crippen molar-refractivity contribution >= 4 is 22.6 Å². The summed E-state index contributed by atoms with van der Waals surface area (Å²) in [6.45, 7) is -0.444. The van der Waals surface area contributed by atoms with Crippen LogP contribution in [0.4, 0.5) is 4.39 Å². The highest BCUT2D eigenvalue weighted by atomic mass is 127. The van der Waals surface area contributed by atoms with Crippen LogP contribution < -0.4 is 0 Å². The van der Waals surface area contributed by atoms with Crippen LogP contribution in [0.1, 0.15) is 11.7 Å². The zero-order valence-corrected chi connectivity index (χ0v) is 7.95. The van der Waals surface area contributed by atoms with Gasteiger partial charge in [-0.15, -0.1) is 0 Å². The van der Waals surface area contributed by atoms with E-state index in [9.17, 15) is 4.39 Å². The number of benzene rings is 1. The van der Waals surface area contributed by atoms with Gasteiger partial charge in [-0.1, -0.05) is 12.1 Å². The third-order valence-electron chi connectivity index (χ3n) is 1.39. The van der Waals surface area contributed by atoms with Gasteiger partial charge in [0.2, 0.25) is 0 Å². The molecule has 0 saturated heterocycles. The third-order valence-corrected chi connectivity index (χ3v) is 2.11. The first-order chi connectivity index (χ1) is 5.24. The van der Waals surface area contributed by atoms with Crippen molar-refractivity contribution in [2.75, 3.05) is 6.61 Å². The van der Waals surface area contributed by atoms with Crippen LogP contribution in [-0.4, -0.2) is 11.7 Å². The molecule has 1 unspecified atom stereocenters. The summed E-state index contributed by atoms with van der Waals surface area (Å²) in [7, 11) is 0. The van der Waals surface area contributed by atoms with Crippen molar-refractivity contribution in [1.82, 2.24) is 0 Å². The average molecular weight is 266 g/mol. The second kappa shape index (κ2) is 4.01. The van der Waals surface area contributed by atoms with Crippen molar-refractivity contribution in [3.8, 4) is 0 Å². The Hall–Kier alpha value is -0.160. The van der Waals surface area contributed by atoms with Crippen molar-refractivity contribution in [3.05, 3.63) is 33.4 Å². The van der Waals surface area contributed by atoms with Crippen LogP contribution in [0.5, 0.6) is 0 Å². The van der Waals surface area contributed by atoms with E-state index in [0.717, 1.165) is 3.57 Å². The summed E-state index contributed by atoms with van der Waals surface area (Å²) in [6.07, 6.45) is -1.24. The molecule has 0 aliphatic heterocycles. The number of halogens is 2. The van der Waals surface area contributed by atoms with Gasteiger partial charge in [-0.05, 0) is 40.3 Å². The van der Waals surface area contributed by atoms with Crippen LogP contribution in [-0.2, 0) is 0 Å². The van der Waals surface area contributed by atoms with Crippen LogP contribution in [0, 0.1) is 3.57 Å². The maximum atomic E-state index is 12.7. The van der Waals surface area contributed by atoms with Crippen molar-refractivity contribution in [2.45, 2.75) is 6.17 Å². The molecule has 11 heavy (non-hydrogen) atoms. The average Bonchev–Trinajstić information content (AvgIpc) is 2.05. The van der Waals surface area contributed by atoms with Crippen LogP contribution >= 0.6 is 22.6 Å². The molecule has 0 spiro atoms. The molecule has 0 fully saturated rings. The smallest absolute Gasteiger partial charge is 0.148 e. The monoisotopic (exact) mass is 266 g/mol. The van der Waals surface area contributed by atoms with Gasteiger partial charge < -0.3 is 5.11 Å². The summed E-state index contributed by atoms with van der Waals surface area (Å²) >= 11 is 2.15. The molecule has 0 aromatic heterocycles. The predicted octanol–water partition coefficient (Wildman–Crippen LogP) is 2.29. The molecule has 60 valence electrons. The Labute approximate surface area is 78.4 Å². The molecule has 0 radical (unpaired) electrons. The van der Waals surface area contributed by atoms with E-state index in [4.69, 9.17) is 5.11 Å². The highest BCUT2D eigenvalue weighted by Gasteiger charge is 2.06. The predicted molar refractivity (Wildman–Crippen MR) is 50.1 cm³/mol. The first-order valence-electron chi connectivity index (χ1n) is 3.24. The summed E-state index contributed by atoms with van der Waals surface area (Å²) in [5.41, 5.74) is 0.535. The standard InChI is InChI=1S/C8H8FIO/c9-8(5-11)6-1-3-7(10)4-2-6/h1-4,8,11H,5H2. The molecule has 1 atom stereocenters. The minimum absolute atomic E-state index is 0.444. The number of alkyl halides is 1. The topological polar surface area (TPSA) is 20.2 Å². The van der Waals surface area contributed by atoms with E-state index in [0.29, 0.717) is 5.56 Å². The Kier molecular flexibility index (Phi) is 3.26. The molecule has 1 rings (SSSR count). The van der Waals surface area contributed by atoms with Crippen molar-refractivity contribution in [2.24, 2.45) is 0 Å². The van der Waals surface area contributed by atoms with E-state index in [1.165, 1.54) is 0 Å². The fraction of sp³-hybridized carbons (Fsp3) is 0.250. The van der Waals surface area contributed by atoms with Gasteiger partial charge in [-0.2, -0.15) is 0 Å². The molecule has 1 aromatic rings. The van der Waals surface area contributed by atoms with Crippen molar-refractivity contribution in [3.63, 3.8) is 0 Å². The van der Waals surface area contributed by atoms with E-state index in [1.54, 1.807) is 12.1 Å². The Morgan fingerprint density at radius 2 is 1.91 bits per heavy atom. The van der Waals surface area contributed by atoms with Gasteiger partial charge in [-0.25, -0.2) is 4.39 Å². The van der Waals surface area contributed by atoms with E-state index in [2.05, 4.69) is 22.6 Å². The van der Waals surface area contributed by atoms with Gasteiger partial charge in [0, 0.05) is 3.57 Å². The van der Waals surface area contributed by atoms with Crippen LogP contribution in [0.15, 0.2) is 24.3 Å². The van der Waals surface area contributed by atoms with E-state index < -0.39 is 12.8 Å². The van der Waals surface area contributed by atoms with Crippen molar-refractivity contribution < 1.29 is 9.50 Å². The zero-order valence-electron chi connectivity index (χ0n) is 5.80. The second-order valence-electron chi connectivity index (χ2n) is 2.20. The Morgan fingerprint density at radius 1 is 1.36 bits per heavy atom. The molecule has 0 saturated carbocycles. The highest BCUT2D eigenvalue weighted by Crippen LogP contribution is 2.17. The number of hydrogen-bond acceptors (Lipinski definition) is 1. The highest BCUT2D eigenvalue weighted by molar-refractivity contribution is 14.1. The maximum absolute atomic E-state index is 12.7. The normalized spacial score (nSPS) is 13.0. The number of hydrogen-bond donors (Lipinski definition) is 1. The van der Waals surface area contributed by atoms with Crippen LogP contribution in [0.2, 0.25) is 0 Å². The van der Waals surface area contributed by atoms with Gasteiger partial charge in [-0.3, -0.25) is 0 Å². The van der Waals surface area contributed by atoms with Gasteiger partial charge in [0.1, 0.15) is 6.17 Å². The van der Waals surface area contributed by atoms with Gasteiger partial charge in [0.25, 0.3) is 0 Å². The number of aliphatic hydroxyl groups excluding tert-OH is 1. The fourth-order valence-electron chi connectivity index (χ4n) is 0.777. The lowest BCUT2D eigenvalue weighted by molar-refractivity contribution is 0.180. The quantitative estimate of drug-likeness (QED) is 0.814. The first kappa shape index (κ1) is 8.93. The molecule has 3 heteroatoms. The lowest BCUT2D eigenvalue weighted by atomic mass is 10.1. The largest absolute Gasteiger partial charge is 0.393 e. The first-order valence-corrected chi connectivity index (χ1v) is 4.32. The lowest BCUT2D eigenvalue weighted by Gasteiger charge is -2.03. The second-order valence-corrected chi connectivity index (χ2v) is 3.45. The lowest BCUT2D eigenvalue weighted by Crippen LogP contribution is -1.96. The Balaban J connectivity index is 2.81. The minimum atomic E-state index is -1.24. The number of rotatable bonds is 2. The van der Waals surface area contributed by atoms with E-state index in [-0.39, 0.29) is 0 Å². The fourth-order valence-corrected chi connectivity index (χ4v) is 1.14. The molecule has 0 heterocycles. The summed E-state index contributed by atoms with van der Waals surface area (Å²) < 4.78 is 13.8.